The summed E-state index contributed by atoms with van der Waals surface area (Å²) in [6.45, 7) is 6.86. The van der Waals surface area contributed by atoms with Crippen molar-refractivity contribution in [2.24, 2.45) is 0 Å². The van der Waals surface area contributed by atoms with Crippen LogP contribution in [0.5, 0.6) is 0 Å². The number of piperazine rings is 1. The first-order valence-corrected chi connectivity index (χ1v) is 9.01. The number of hydrogen-bond donors (Lipinski definition) is 2. The lowest BCUT2D eigenvalue weighted by molar-refractivity contribution is 0.249. The Morgan fingerprint density at radius 1 is 1.22 bits per heavy atom. The van der Waals surface area contributed by atoms with Gasteiger partial charge in [0.25, 0.3) is 0 Å². The summed E-state index contributed by atoms with van der Waals surface area (Å²) in [6, 6.07) is 9.42. The highest BCUT2D eigenvalue weighted by atomic mass is 16.2. The van der Waals surface area contributed by atoms with E-state index in [0.717, 1.165) is 44.1 Å². The third-order valence-electron chi connectivity index (χ3n) is 4.38. The summed E-state index contributed by atoms with van der Waals surface area (Å²) in [4.78, 5) is 24.8. The first-order valence-electron chi connectivity index (χ1n) is 9.01. The van der Waals surface area contributed by atoms with Crippen molar-refractivity contribution in [1.29, 1.82) is 5.26 Å². The Kier molecular flexibility index (Phi) is 6.18. The number of carbonyl (C=O) groups is 1. The molecule has 0 radical (unpaired) electrons. The van der Waals surface area contributed by atoms with E-state index in [-0.39, 0.29) is 6.03 Å². The van der Waals surface area contributed by atoms with E-state index >= 15 is 0 Å². The van der Waals surface area contributed by atoms with Crippen LogP contribution in [0.1, 0.15) is 18.1 Å². The molecule has 1 aliphatic heterocycles. The maximum atomic E-state index is 11.6. The lowest BCUT2D eigenvalue weighted by Crippen LogP contribution is -2.46. The van der Waals surface area contributed by atoms with E-state index < -0.39 is 0 Å². The van der Waals surface area contributed by atoms with Gasteiger partial charge in [-0.2, -0.15) is 5.26 Å². The van der Waals surface area contributed by atoms with Gasteiger partial charge < -0.3 is 10.2 Å². The van der Waals surface area contributed by atoms with E-state index in [9.17, 15) is 4.79 Å². The molecular formula is C19H23N7O. The van der Waals surface area contributed by atoms with Crippen LogP contribution in [0.4, 0.5) is 16.4 Å². The SMILES string of the molecule is CCNC(=O)Nc1cc(CN2CCN(c3ccc(C#N)cn3)CC2)ccn1. The van der Waals surface area contributed by atoms with Crippen LogP contribution in [-0.2, 0) is 6.54 Å². The van der Waals surface area contributed by atoms with E-state index in [4.69, 9.17) is 5.26 Å². The summed E-state index contributed by atoms with van der Waals surface area (Å²) in [7, 11) is 0. The predicted molar refractivity (Wildman–Crippen MR) is 103 cm³/mol. The smallest absolute Gasteiger partial charge is 0.320 e. The highest BCUT2D eigenvalue weighted by molar-refractivity contribution is 5.88. The van der Waals surface area contributed by atoms with Crippen molar-refractivity contribution in [3.05, 3.63) is 47.8 Å². The molecule has 27 heavy (non-hydrogen) atoms. The third-order valence-corrected chi connectivity index (χ3v) is 4.38. The highest BCUT2D eigenvalue weighted by Gasteiger charge is 2.18. The Morgan fingerprint density at radius 3 is 2.70 bits per heavy atom. The second kappa shape index (κ2) is 8.96. The molecule has 3 heterocycles. The molecule has 3 rings (SSSR count). The number of nitrogens with zero attached hydrogens (tertiary/aromatic N) is 5. The van der Waals surface area contributed by atoms with Crippen molar-refractivity contribution < 1.29 is 4.79 Å². The Hall–Kier alpha value is -3.18. The quantitative estimate of drug-likeness (QED) is 0.839. The van der Waals surface area contributed by atoms with Gasteiger partial charge in [0.1, 0.15) is 17.7 Å². The largest absolute Gasteiger partial charge is 0.354 e. The number of nitriles is 1. The van der Waals surface area contributed by atoms with Gasteiger partial charge in [-0.15, -0.1) is 0 Å². The number of pyridine rings is 2. The maximum absolute atomic E-state index is 11.6. The summed E-state index contributed by atoms with van der Waals surface area (Å²) in [5, 5.41) is 14.3. The molecule has 1 aliphatic rings. The van der Waals surface area contributed by atoms with Crippen molar-refractivity contribution in [3.63, 3.8) is 0 Å². The molecule has 1 fully saturated rings. The van der Waals surface area contributed by atoms with Crippen LogP contribution in [0, 0.1) is 11.3 Å². The summed E-state index contributed by atoms with van der Waals surface area (Å²) in [5.74, 6) is 1.46. The van der Waals surface area contributed by atoms with Crippen molar-refractivity contribution in [1.82, 2.24) is 20.2 Å². The minimum atomic E-state index is -0.245. The number of rotatable bonds is 5. The molecule has 0 spiro atoms. The lowest BCUT2D eigenvalue weighted by atomic mass is 10.2. The molecule has 140 valence electrons. The van der Waals surface area contributed by atoms with E-state index in [2.05, 4.69) is 36.5 Å². The average molecular weight is 365 g/mol. The van der Waals surface area contributed by atoms with Crippen LogP contribution in [0.2, 0.25) is 0 Å². The van der Waals surface area contributed by atoms with Crippen LogP contribution >= 0.6 is 0 Å². The minimum absolute atomic E-state index is 0.245. The normalized spacial score (nSPS) is 14.4. The van der Waals surface area contributed by atoms with Crippen LogP contribution in [-0.4, -0.2) is 53.6 Å². The number of urea groups is 1. The highest BCUT2D eigenvalue weighted by Crippen LogP contribution is 2.16. The van der Waals surface area contributed by atoms with E-state index in [1.165, 1.54) is 0 Å². The molecule has 8 nitrogen and oxygen atoms in total. The zero-order valence-corrected chi connectivity index (χ0v) is 15.4. The fourth-order valence-corrected chi connectivity index (χ4v) is 2.99. The zero-order valence-electron chi connectivity index (χ0n) is 15.4. The van der Waals surface area contributed by atoms with Crippen LogP contribution < -0.4 is 15.5 Å². The molecule has 2 N–H and O–H groups in total. The van der Waals surface area contributed by atoms with E-state index in [0.29, 0.717) is 17.9 Å². The van der Waals surface area contributed by atoms with E-state index in [1.807, 2.05) is 25.1 Å². The van der Waals surface area contributed by atoms with Crippen molar-refractivity contribution >= 4 is 17.7 Å². The molecule has 2 aromatic heterocycles. The summed E-state index contributed by atoms with van der Waals surface area (Å²) >= 11 is 0. The average Bonchev–Trinajstić information content (AvgIpc) is 2.69. The number of hydrogen-bond acceptors (Lipinski definition) is 6. The molecule has 0 atom stereocenters. The molecule has 2 aromatic rings. The summed E-state index contributed by atoms with van der Waals surface area (Å²) in [5.41, 5.74) is 1.69. The maximum Gasteiger partial charge on any atom is 0.320 e. The second-order valence-electron chi connectivity index (χ2n) is 6.31. The van der Waals surface area contributed by atoms with Gasteiger partial charge in [-0.3, -0.25) is 10.2 Å². The Bertz CT molecular complexity index is 808. The molecule has 8 heteroatoms. The van der Waals surface area contributed by atoms with Gasteiger partial charge in [0.05, 0.1) is 5.56 Å². The van der Waals surface area contributed by atoms with E-state index in [1.54, 1.807) is 18.5 Å². The monoisotopic (exact) mass is 365 g/mol. The lowest BCUT2D eigenvalue weighted by Gasteiger charge is -2.35. The molecule has 0 saturated carbocycles. The molecule has 0 bridgehead atoms. The first kappa shape index (κ1) is 18.6. The second-order valence-corrected chi connectivity index (χ2v) is 6.31. The number of aromatic nitrogens is 2. The standard InChI is InChI=1S/C19H23N7O/c1-2-21-19(27)24-17-11-15(5-6-22-17)14-25-7-9-26(10-8-25)18-4-3-16(12-20)13-23-18/h3-6,11,13H,2,7-10,14H2,1H3,(H2,21,22,24,27). The third kappa shape index (κ3) is 5.15. The topological polar surface area (TPSA) is 97.2 Å². The fraction of sp³-hybridized carbons (Fsp3) is 0.368. The Balaban J connectivity index is 1.53. The van der Waals surface area contributed by atoms with Crippen LogP contribution in [0.3, 0.4) is 0 Å². The van der Waals surface area contributed by atoms with Gasteiger partial charge in [-0.1, -0.05) is 0 Å². The van der Waals surface area contributed by atoms with Gasteiger partial charge in [-0.25, -0.2) is 14.8 Å². The predicted octanol–water partition coefficient (Wildman–Crippen LogP) is 1.81. The molecule has 0 aliphatic carbocycles. The van der Waals surface area contributed by atoms with Gasteiger partial charge >= 0.3 is 6.03 Å². The van der Waals surface area contributed by atoms with Crippen LogP contribution in [0.15, 0.2) is 36.7 Å². The molecule has 0 aromatic carbocycles. The Morgan fingerprint density at radius 2 is 2.04 bits per heavy atom. The van der Waals surface area contributed by atoms with Crippen molar-refractivity contribution in [2.45, 2.75) is 13.5 Å². The Labute approximate surface area is 158 Å². The number of carbonyl (C=O) groups excluding carboxylic acids is 1. The van der Waals surface area contributed by atoms with Gasteiger partial charge in [0, 0.05) is 51.7 Å². The minimum Gasteiger partial charge on any atom is -0.354 e. The summed E-state index contributed by atoms with van der Waals surface area (Å²) < 4.78 is 0. The zero-order chi connectivity index (χ0) is 19.1. The van der Waals surface area contributed by atoms with Gasteiger partial charge in [-0.05, 0) is 36.8 Å². The number of anilines is 2. The van der Waals surface area contributed by atoms with Crippen molar-refractivity contribution in [2.75, 3.05) is 42.9 Å². The van der Waals surface area contributed by atoms with Gasteiger partial charge in [0.2, 0.25) is 0 Å². The molecule has 2 amide bonds. The molecule has 0 unspecified atom stereocenters. The summed E-state index contributed by atoms with van der Waals surface area (Å²) in [6.07, 6.45) is 3.33. The number of nitrogens with one attached hydrogen (secondary N) is 2. The van der Waals surface area contributed by atoms with Crippen LogP contribution in [0.25, 0.3) is 0 Å². The van der Waals surface area contributed by atoms with Crippen molar-refractivity contribution in [3.8, 4) is 6.07 Å². The molecular weight excluding hydrogens is 342 g/mol. The number of amides is 2. The molecule has 1 saturated heterocycles. The fourth-order valence-electron chi connectivity index (χ4n) is 2.99. The first-order chi connectivity index (χ1) is 13.2. The van der Waals surface area contributed by atoms with Gasteiger partial charge in [0.15, 0.2) is 0 Å².